The van der Waals surface area contributed by atoms with Crippen molar-refractivity contribution in [2.75, 3.05) is 26.7 Å². The van der Waals surface area contributed by atoms with Crippen molar-refractivity contribution in [3.8, 4) is 0 Å². The van der Waals surface area contributed by atoms with Gasteiger partial charge < -0.3 is 5.32 Å². The molecule has 108 valence electrons. The highest BCUT2D eigenvalue weighted by molar-refractivity contribution is 7.87. The summed E-state index contributed by atoms with van der Waals surface area (Å²) < 4.78 is 27.9. The van der Waals surface area contributed by atoms with Crippen molar-refractivity contribution < 1.29 is 8.42 Å². The van der Waals surface area contributed by atoms with Crippen molar-refractivity contribution >= 4 is 10.2 Å². The van der Waals surface area contributed by atoms with Crippen LogP contribution in [0.25, 0.3) is 0 Å². The molecule has 0 saturated carbocycles. The zero-order valence-electron chi connectivity index (χ0n) is 11.8. The van der Waals surface area contributed by atoms with Gasteiger partial charge in [0.2, 0.25) is 0 Å². The lowest BCUT2D eigenvalue weighted by molar-refractivity contribution is 0.349. The Bertz CT molecular complexity index is 324. The molecule has 1 unspecified atom stereocenters. The third-order valence-corrected chi connectivity index (χ3v) is 4.82. The molecule has 6 heteroatoms. The molecule has 18 heavy (non-hydrogen) atoms. The maximum Gasteiger partial charge on any atom is 0.279 e. The van der Waals surface area contributed by atoms with Gasteiger partial charge in [-0.1, -0.05) is 20.3 Å². The minimum absolute atomic E-state index is 0.327. The Hall–Kier alpha value is -0.170. The lowest BCUT2D eigenvalue weighted by Crippen LogP contribution is -2.42. The lowest BCUT2D eigenvalue weighted by Gasteiger charge is -2.26. The molecule has 1 fully saturated rings. The molecule has 5 nitrogen and oxygen atoms in total. The lowest BCUT2D eigenvalue weighted by atomic mass is 10.0. The Morgan fingerprint density at radius 3 is 2.67 bits per heavy atom. The number of nitrogens with one attached hydrogen (secondary N) is 2. The van der Waals surface area contributed by atoms with Crippen molar-refractivity contribution in [3.05, 3.63) is 0 Å². The number of hydrogen-bond acceptors (Lipinski definition) is 3. The Morgan fingerprint density at radius 2 is 2.11 bits per heavy atom. The molecule has 1 atom stereocenters. The second-order valence-corrected chi connectivity index (χ2v) is 7.37. The van der Waals surface area contributed by atoms with E-state index in [1.165, 1.54) is 17.1 Å². The van der Waals surface area contributed by atoms with Crippen molar-refractivity contribution in [2.24, 2.45) is 5.92 Å². The van der Waals surface area contributed by atoms with E-state index >= 15 is 0 Å². The molecule has 2 N–H and O–H groups in total. The quantitative estimate of drug-likeness (QED) is 0.728. The molecule has 1 rings (SSSR count). The largest absolute Gasteiger partial charge is 0.314 e. The van der Waals surface area contributed by atoms with Crippen LogP contribution in [0.4, 0.5) is 0 Å². The van der Waals surface area contributed by atoms with Gasteiger partial charge in [0.05, 0.1) is 0 Å². The van der Waals surface area contributed by atoms with Crippen molar-refractivity contribution in [1.82, 2.24) is 14.3 Å². The van der Waals surface area contributed by atoms with Crippen LogP contribution < -0.4 is 10.0 Å². The third kappa shape index (κ3) is 5.65. The summed E-state index contributed by atoms with van der Waals surface area (Å²) in [6.45, 7) is 6.12. The smallest absolute Gasteiger partial charge is 0.279 e. The fourth-order valence-corrected chi connectivity index (χ4v) is 3.12. The van der Waals surface area contributed by atoms with Gasteiger partial charge in [-0.05, 0) is 31.7 Å². The van der Waals surface area contributed by atoms with Gasteiger partial charge in [0.1, 0.15) is 0 Å². The summed E-state index contributed by atoms with van der Waals surface area (Å²) in [5, 5.41) is 3.43. The summed E-state index contributed by atoms with van der Waals surface area (Å²) in [5.41, 5.74) is 0. The maximum absolute atomic E-state index is 11.9. The van der Waals surface area contributed by atoms with Gasteiger partial charge >= 0.3 is 0 Å². The van der Waals surface area contributed by atoms with Crippen molar-refractivity contribution in [2.45, 2.75) is 45.6 Å². The Kier molecular flexibility index (Phi) is 6.55. The van der Waals surface area contributed by atoms with Crippen LogP contribution in [0.2, 0.25) is 0 Å². The number of nitrogens with zero attached hydrogens (tertiary/aromatic N) is 1. The van der Waals surface area contributed by atoms with Crippen LogP contribution in [-0.2, 0) is 10.2 Å². The van der Waals surface area contributed by atoms with Gasteiger partial charge in [-0.3, -0.25) is 0 Å². The molecule has 1 aliphatic heterocycles. The first-order valence-corrected chi connectivity index (χ1v) is 8.30. The Balaban J connectivity index is 2.31. The number of piperidine rings is 1. The SMILES string of the molecule is CC(C)CNS(=O)(=O)N(C)CCC1CCCCN1. The van der Waals surface area contributed by atoms with E-state index in [4.69, 9.17) is 0 Å². The highest BCUT2D eigenvalue weighted by Crippen LogP contribution is 2.11. The van der Waals surface area contributed by atoms with Crippen LogP contribution >= 0.6 is 0 Å². The molecule has 0 bridgehead atoms. The molecular weight excluding hydrogens is 250 g/mol. The fraction of sp³-hybridized carbons (Fsp3) is 1.00. The van der Waals surface area contributed by atoms with Crippen LogP contribution in [0.3, 0.4) is 0 Å². The summed E-state index contributed by atoms with van der Waals surface area (Å²) in [7, 11) is -1.66. The average Bonchev–Trinajstić information content (AvgIpc) is 2.35. The highest BCUT2D eigenvalue weighted by atomic mass is 32.2. The summed E-state index contributed by atoms with van der Waals surface area (Å²) >= 11 is 0. The Labute approximate surface area is 112 Å². The average molecular weight is 277 g/mol. The summed E-state index contributed by atoms with van der Waals surface area (Å²) in [5.74, 6) is 0.327. The van der Waals surface area contributed by atoms with Crippen molar-refractivity contribution in [3.63, 3.8) is 0 Å². The van der Waals surface area contributed by atoms with E-state index in [9.17, 15) is 8.42 Å². The molecule has 0 aromatic carbocycles. The van der Waals surface area contributed by atoms with Gasteiger partial charge in [0.15, 0.2) is 0 Å². The molecule has 0 spiro atoms. The fourth-order valence-electron chi connectivity index (χ4n) is 2.01. The van der Waals surface area contributed by atoms with E-state index < -0.39 is 10.2 Å². The Morgan fingerprint density at radius 1 is 1.39 bits per heavy atom. The van der Waals surface area contributed by atoms with Crippen LogP contribution in [0.1, 0.15) is 39.5 Å². The molecule has 0 aromatic rings. The van der Waals surface area contributed by atoms with Crippen molar-refractivity contribution in [1.29, 1.82) is 0 Å². The molecule has 1 saturated heterocycles. The van der Waals surface area contributed by atoms with Gasteiger partial charge in [-0.2, -0.15) is 12.7 Å². The zero-order chi connectivity index (χ0) is 13.6. The second kappa shape index (κ2) is 7.43. The van der Waals surface area contributed by atoms with Crippen LogP contribution in [0, 0.1) is 5.92 Å². The molecular formula is C12H27N3O2S. The molecule has 1 aliphatic rings. The maximum atomic E-state index is 11.9. The first-order valence-electron chi connectivity index (χ1n) is 6.86. The molecule has 0 radical (unpaired) electrons. The minimum Gasteiger partial charge on any atom is -0.314 e. The first kappa shape index (κ1) is 15.9. The number of hydrogen-bond donors (Lipinski definition) is 2. The van der Waals surface area contributed by atoms with Crippen LogP contribution in [-0.4, -0.2) is 45.4 Å². The minimum atomic E-state index is -3.30. The molecule has 0 amide bonds. The van der Waals surface area contributed by atoms with E-state index in [1.54, 1.807) is 7.05 Å². The third-order valence-electron chi connectivity index (χ3n) is 3.29. The van der Waals surface area contributed by atoms with Gasteiger partial charge in [0.25, 0.3) is 10.2 Å². The van der Waals surface area contributed by atoms with E-state index in [2.05, 4.69) is 10.0 Å². The predicted molar refractivity (Wildman–Crippen MR) is 74.6 cm³/mol. The molecule has 0 aliphatic carbocycles. The van der Waals surface area contributed by atoms with Gasteiger partial charge in [0, 0.05) is 26.2 Å². The predicted octanol–water partition coefficient (Wildman–Crippen LogP) is 0.941. The van der Waals surface area contributed by atoms with Gasteiger partial charge in [-0.15, -0.1) is 0 Å². The van der Waals surface area contributed by atoms with E-state index in [-0.39, 0.29) is 0 Å². The van der Waals surface area contributed by atoms with E-state index in [1.807, 2.05) is 13.8 Å². The number of rotatable bonds is 7. The molecule has 1 heterocycles. The van der Waals surface area contributed by atoms with Gasteiger partial charge in [-0.25, -0.2) is 4.72 Å². The standard InChI is InChI=1S/C12H27N3O2S/c1-11(2)10-14-18(16,17)15(3)9-7-12-6-4-5-8-13-12/h11-14H,4-10H2,1-3H3. The summed E-state index contributed by atoms with van der Waals surface area (Å²) in [6, 6.07) is 0.474. The monoisotopic (exact) mass is 277 g/mol. The second-order valence-electron chi connectivity index (χ2n) is 5.50. The van der Waals surface area contributed by atoms with Crippen LogP contribution in [0.15, 0.2) is 0 Å². The first-order chi connectivity index (χ1) is 8.42. The van der Waals surface area contributed by atoms with Crippen LogP contribution in [0.5, 0.6) is 0 Å². The summed E-state index contributed by atoms with van der Waals surface area (Å²) in [6.07, 6.45) is 4.53. The highest BCUT2D eigenvalue weighted by Gasteiger charge is 2.19. The van der Waals surface area contributed by atoms with E-state index in [0.29, 0.717) is 25.0 Å². The molecule has 0 aromatic heterocycles. The zero-order valence-corrected chi connectivity index (χ0v) is 12.6. The topological polar surface area (TPSA) is 61.4 Å². The summed E-state index contributed by atoms with van der Waals surface area (Å²) in [4.78, 5) is 0. The van der Waals surface area contributed by atoms with E-state index in [0.717, 1.165) is 19.4 Å². The normalized spacial score (nSPS) is 21.7.